The molecule has 2 unspecified atom stereocenters. The summed E-state index contributed by atoms with van der Waals surface area (Å²) in [4.78, 5) is 13.2. The molecule has 0 radical (unpaired) electrons. The number of nitrogens with one attached hydrogen (secondary N) is 1. The lowest BCUT2D eigenvalue weighted by molar-refractivity contribution is 0.191. The Hall–Kier alpha value is -0.990. The van der Waals surface area contributed by atoms with Gasteiger partial charge in [0.05, 0.1) is 6.04 Å². The fourth-order valence-corrected chi connectivity index (χ4v) is 1.68. The summed E-state index contributed by atoms with van der Waals surface area (Å²) >= 11 is 0. The van der Waals surface area contributed by atoms with Crippen LogP contribution in [0.15, 0.2) is 12.7 Å². The van der Waals surface area contributed by atoms with Gasteiger partial charge >= 0.3 is 6.03 Å². The maximum Gasteiger partial charge on any atom is 0.318 e. The maximum atomic E-state index is 11.4. The molecule has 13 heavy (non-hydrogen) atoms. The van der Waals surface area contributed by atoms with E-state index >= 15 is 0 Å². The summed E-state index contributed by atoms with van der Waals surface area (Å²) in [5.74, 6) is 0.487. The van der Waals surface area contributed by atoms with E-state index in [9.17, 15) is 4.79 Å². The Morgan fingerprint density at radius 2 is 2.46 bits per heavy atom. The second-order valence-electron chi connectivity index (χ2n) is 3.54. The molecule has 1 aliphatic rings. The first-order chi connectivity index (χ1) is 6.20. The van der Waals surface area contributed by atoms with Crippen LogP contribution in [-0.4, -0.2) is 30.1 Å². The van der Waals surface area contributed by atoms with E-state index in [2.05, 4.69) is 25.7 Å². The van der Waals surface area contributed by atoms with Crippen molar-refractivity contribution in [3.05, 3.63) is 12.7 Å². The third kappa shape index (κ3) is 2.02. The minimum atomic E-state index is 0.0465. The first-order valence-electron chi connectivity index (χ1n) is 4.87. The molecule has 0 aromatic carbocycles. The lowest BCUT2D eigenvalue weighted by Crippen LogP contribution is -2.40. The topological polar surface area (TPSA) is 32.3 Å². The van der Waals surface area contributed by atoms with Gasteiger partial charge in [-0.05, 0) is 5.92 Å². The van der Waals surface area contributed by atoms with E-state index in [1.165, 1.54) is 0 Å². The van der Waals surface area contributed by atoms with Crippen molar-refractivity contribution in [1.29, 1.82) is 0 Å². The molecule has 3 nitrogen and oxygen atoms in total. The lowest BCUT2D eigenvalue weighted by atomic mass is 9.98. The number of rotatable bonds is 4. The van der Waals surface area contributed by atoms with Crippen LogP contribution in [0, 0.1) is 5.92 Å². The van der Waals surface area contributed by atoms with E-state index in [-0.39, 0.29) is 12.1 Å². The molecule has 0 aromatic rings. The standard InChI is InChI=1S/C10H18N2O/c1-4-8(3)9(5-2)12-7-6-11-10(12)13/h5,8-9H,2,4,6-7H2,1,3H3,(H,11,13). The van der Waals surface area contributed by atoms with Gasteiger partial charge in [-0.1, -0.05) is 26.3 Å². The minimum Gasteiger partial charge on any atom is -0.336 e. The van der Waals surface area contributed by atoms with Gasteiger partial charge in [-0.2, -0.15) is 0 Å². The van der Waals surface area contributed by atoms with E-state index < -0.39 is 0 Å². The molecule has 0 saturated carbocycles. The molecule has 2 amide bonds. The van der Waals surface area contributed by atoms with E-state index in [4.69, 9.17) is 0 Å². The largest absolute Gasteiger partial charge is 0.336 e. The van der Waals surface area contributed by atoms with Crippen LogP contribution in [0.1, 0.15) is 20.3 Å². The van der Waals surface area contributed by atoms with Crippen molar-refractivity contribution in [2.75, 3.05) is 13.1 Å². The molecule has 1 heterocycles. The highest BCUT2D eigenvalue weighted by atomic mass is 16.2. The van der Waals surface area contributed by atoms with Crippen LogP contribution in [0.4, 0.5) is 4.79 Å². The number of nitrogens with zero attached hydrogens (tertiary/aromatic N) is 1. The third-order valence-electron chi connectivity index (χ3n) is 2.72. The van der Waals surface area contributed by atoms with Gasteiger partial charge in [0.1, 0.15) is 0 Å². The Balaban J connectivity index is 2.65. The van der Waals surface area contributed by atoms with Gasteiger partial charge in [0.2, 0.25) is 0 Å². The number of urea groups is 1. The van der Waals surface area contributed by atoms with Gasteiger partial charge in [0.15, 0.2) is 0 Å². The number of hydrogen-bond acceptors (Lipinski definition) is 1. The summed E-state index contributed by atoms with van der Waals surface area (Å²) in [6.07, 6.45) is 2.94. The number of carbonyl (C=O) groups is 1. The van der Waals surface area contributed by atoms with Gasteiger partial charge in [-0.15, -0.1) is 6.58 Å². The second kappa shape index (κ2) is 4.30. The second-order valence-corrected chi connectivity index (χ2v) is 3.54. The lowest BCUT2D eigenvalue weighted by Gasteiger charge is -2.28. The van der Waals surface area contributed by atoms with Crippen molar-refractivity contribution in [3.63, 3.8) is 0 Å². The maximum absolute atomic E-state index is 11.4. The van der Waals surface area contributed by atoms with E-state index in [0.717, 1.165) is 19.5 Å². The highest BCUT2D eigenvalue weighted by Gasteiger charge is 2.28. The number of carbonyl (C=O) groups excluding carboxylic acids is 1. The van der Waals surface area contributed by atoms with Crippen molar-refractivity contribution >= 4 is 6.03 Å². The van der Waals surface area contributed by atoms with Crippen LogP contribution < -0.4 is 5.32 Å². The van der Waals surface area contributed by atoms with Gasteiger partial charge in [-0.3, -0.25) is 0 Å². The minimum absolute atomic E-state index is 0.0465. The Bertz CT molecular complexity index is 203. The summed E-state index contributed by atoms with van der Waals surface area (Å²) in [7, 11) is 0. The Labute approximate surface area is 79.8 Å². The van der Waals surface area contributed by atoms with Crippen molar-refractivity contribution in [1.82, 2.24) is 10.2 Å². The molecule has 1 aliphatic heterocycles. The first-order valence-corrected chi connectivity index (χ1v) is 4.87. The molecule has 1 fully saturated rings. The summed E-state index contributed by atoms with van der Waals surface area (Å²) < 4.78 is 0. The molecule has 0 aliphatic carbocycles. The molecule has 1 saturated heterocycles. The van der Waals surface area contributed by atoms with Crippen molar-refractivity contribution < 1.29 is 4.79 Å². The zero-order valence-corrected chi connectivity index (χ0v) is 8.42. The SMILES string of the molecule is C=CC(C(C)CC)N1CCNC1=O. The summed E-state index contributed by atoms with van der Waals surface area (Å²) in [6.45, 7) is 9.64. The smallest absolute Gasteiger partial charge is 0.318 e. The van der Waals surface area contributed by atoms with Gasteiger partial charge < -0.3 is 10.2 Å². The Morgan fingerprint density at radius 3 is 2.85 bits per heavy atom. The predicted octanol–water partition coefficient (Wildman–Crippen LogP) is 1.61. The van der Waals surface area contributed by atoms with Crippen LogP contribution >= 0.6 is 0 Å². The fourth-order valence-electron chi connectivity index (χ4n) is 1.68. The van der Waals surface area contributed by atoms with E-state index in [0.29, 0.717) is 5.92 Å². The average molecular weight is 182 g/mol. The summed E-state index contributed by atoms with van der Waals surface area (Å²) in [5.41, 5.74) is 0. The van der Waals surface area contributed by atoms with Crippen LogP contribution in [-0.2, 0) is 0 Å². The molecule has 1 N–H and O–H groups in total. The zero-order valence-electron chi connectivity index (χ0n) is 8.42. The molecule has 0 bridgehead atoms. The number of amides is 2. The van der Waals surface area contributed by atoms with Crippen LogP contribution in [0.2, 0.25) is 0 Å². The van der Waals surface area contributed by atoms with Crippen molar-refractivity contribution in [2.24, 2.45) is 5.92 Å². The fraction of sp³-hybridized carbons (Fsp3) is 0.700. The van der Waals surface area contributed by atoms with Gasteiger partial charge in [-0.25, -0.2) is 4.79 Å². The first kappa shape index (κ1) is 10.1. The van der Waals surface area contributed by atoms with Crippen LogP contribution in [0.5, 0.6) is 0 Å². The highest BCUT2D eigenvalue weighted by molar-refractivity contribution is 5.76. The van der Waals surface area contributed by atoms with Gasteiger partial charge in [0.25, 0.3) is 0 Å². The molecule has 0 spiro atoms. The zero-order chi connectivity index (χ0) is 9.84. The predicted molar refractivity (Wildman–Crippen MR) is 53.5 cm³/mol. The Morgan fingerprint density at radius 1 is 1.77 bits per heavy atom. The summed E-state index contributed by atoms with van der Waals surface area (Å²) in [6, 6.07) is 0.234. The van der Waals surface area contributed by atoms with Crippen LogP contribution in [0.3, 0.4) is 0 Å². The quantitative estimate of drug-likeness (QED) is 0.658. The average Bonchev–Trinajstić information content (AvgIpc) is 2.53. The highest BCUT2D eigenvalue weighted by Crippen LogP contribution is 2.17. The molecule has 74 valence electrons. The number of hydrogen-bond donors (Lipinski definition) is 1. The summed E-state index contributed by atoms with van der Waals surface area (Å²) in [5, 5.41) is 2.80. The van der Waals surface area contributed by atoms with Crippen molar-refractivity contribution in [3.8, 4) is 0 Å². The Kier molecular flexibility index (Phi) is 3.34. The van der Waals surface area contributed by atoms with Crippen molar-refractivity contribution in [2.45, 2.75) is 26.3 Å². The molecular weight excluding hydrogens is 164 g/mol. The molecular formula is C10H18N2O. The van der Waals surface area contributed by atoms with E-state index in [1.807, 2.05) is 11.0 Å². The molecule has 3 heteroatoms. The molecule has 0 aromatic heterocycles. The van der Waals surface area contributed by atoms with Gasteiger partial charge in [0, 0.05) is 13.1 Å². The van der Waals surface area contributed by atoms with Crippen LogP contribution in [0.25, 0.3) is 0 Å². The molecule has 2 atom stereocenters. The molecule has 1 rings (SSSR count). The normalized spacial score (nSPS) is 21.1. The van der Waals surface area contributed by atoms with E-state index in [1.54, 1.807) is 0 Å². The monoisotopic (exact) mass is 182 g/mol. The third-order valence-corrected chi connectivity index (χ3v) is 2.72.